The van der Waals surface area contributed by atoms with Gasteiger partial charge >= 0.3 is 0 Å². The lowest BCUT2D eigenvalue weighted by atomic mass is 9.89. The molecule has 0 N–H and O–H groups in total. The van der Waals surface area contributed by atoms with Crippen LogP contribution in [0.15, 0.2) is 36.5 Å². The van der Waals surface area contributed by atoms with Crippen molar-refractivity contribution in [3.8, 4) is 5.69 Å². The molecule has 0 spiro atoms. The highest BCUT2D eigenvalue weighted by atomic mass is 16.1. The van der Waals surface area contributed by atoms with Gasteiger partial charge in [-0.15, -0.1) is 5.10 Å². The van der Waals surface area contributed by atoms with Crippen molar-refractivity contribution in [2.24, 2.45) is 5.41 Å². The molecular formula is C15H19N3O. The maximum absolute atomic E-state index is 12.2. The van der Waals surface area contributed by atoms with Gasteiger partial charge in [-0.3, -0.25) is 4.79 Å². The Kier molecular flexibility index (Phi) is 3.79. The van der Waals surface area contributed by atoms with Gasteiger partial charge in [0.2, 0.25) is 0 Å². The molecule has 1 aromatic carbocycles. The zero-order chi connectivity index (χ0) is 13.9. The number of hydrogen-bond acceptors (Lipinski definition) is 3. The van der Waals surface area contributed by atoms with E-state index in [1.165, 1.54) is 6.20 Å². The third kappa shape index (κ3) is 3.50. The highest BCUT2D eigenvalue weighted by Gasteiger charge is 2.18. The van der Waals surface area contributed by atoms with Crippen LogP contribution in [0.1, 0.15) is 44.1 Å². The second-order valence-electron chi connectivity index (χ2n) is 5.85. The van der Waals surface area contributed by atoms with E-state index in [4.69, 9.17) is 0 Å². The van der Waals surface area contributed by atoms with Crippen LogP contribution in [0.4, 0.5) is 0 Å². The molecule has 1 heterocycles. The van der Waals surface area contributed by atoms with Crippen molar-refractivity contribution in [2.45, 2.75) is 33.6 Å². The Morgan fingerprint density at radius 1 is 1.21 bits per heavy atom. The first-order chi connectivity index (χ1) is 8.97. The van der Waals surface area contributed by atoms with Gasteiger partial charge in [0.25, 0.3) is 0 Å². The number of ketones is 1. The predicted molar refractivity (Wildman–Crippen MR) is 74.4 cm³/mol. The number of Topliss-reactive ketones (excluding diaryl/α,β-unsaturated/α-hetero) is 1. The summed E-state index contributed by atoms with van der Waals surface area (Å²) >= 11 is 0. The second kappa shape index (κ2) is 5.34. The molecule has 0 radical (unpaired) electrons. The van der Waals surface area contributed by atoms with E-state index < -0.39 is 0 Å². The van der Waals surface area contributed by atoms with Gasteiger partial charge in [-0.05, 0) is 24.0 Å². The van der Waals surface area contributed by atoms with Gasteiger partial charge in [0.1, 0.15) is 5.69 Å². The average Bonchev–Trinajstić information content (AvgIpc) is 2.85. The molecule has 19 heavy (non-hydrogen) atoms. The van der Waals surface area contributed by atoms with Crippen LogP contribution >= 0.6 is 0 Å². The first-order valence-electron chi connectivity index (χ1n) is 6.47. The minimum Gasteiger partial charge on any atom is -0.292 e. The van der Waals surface area contributed by atoms with Crippen molar-refractivity contribution in [1.82, 2.24) is 15.0 Å². The topological polar surface area (TPSA) is 47.8 Å². The largest absolute Gasteiger partial charge is 0.292 e. The first-order valence-corrected chi connectivity index (χ1v) is 6.47. The SMILES string of the molecule is CC(C)(C)CCC(=O)c1cnnn1-c1ccccc1. The zero-order valence-electron chi connectivity index (χ0n) is 11.6. The van der Waals surface area contributed by atoms with Crippen molar-refractivity contribution in [1.29, 1.82) is 0 Å². The summed E-state index contributed by atoms with van der Waals surface area (Å²) in [5, 5.41) is 7.85. The molecule has 2 rings (SSSR count). The van der Waals surface area contributed by atoms with Crippen LogP contribution < -0.4 is 0 Å². The van der Waals surface area contributed by atoms with Crippen LogP contribution in [0.3, 0.4) is 0 Å². The number of aromatic nitrogens is 3. The zero-order valence-corrected chi connectivity index (χ0v) is 11.6. The molecule has 4 heteroatoms. The van der Waals surface area contributed by atoms with Crippen LogP contribution in [0.5, 0.6) is 0 Å². The van der Waals surface area contributed by atoms with E-state index in [9.17, 15) is 4.79 Å². The molecule has 4 nitrogen and oxygen atoms in total. The number of carbonyl (C=O) groups excluding carboxylic acids is 1. The van der Waals surface area contributed by atoms with E-state index >= 15 is 0 Å². The van der Waals surface area contributed by atoms with Crippen molar-refractivity contribution in [2.75, 3.05) is 0 Å². The third-order valence-corrected chi connectivity index (χ3v) is 2.94. The molecule has 0 fully saturated rings. The Balaban J connectivity index is 2.18. The minimum absolute atomic E-state index is 0.0868. The molecule has 0 aliphatic heterocycles. The highest BCUT2D eigenvalue weighted by molar-refractivity contribution is 5.94. The van der Waals surface area contributed by atoms with Gasteiger partial charge in [-0.1, -0.05) is 44.2 Å². The summed E-state index contributed by atoms with van der Waals surface area (Å²) in [6, 6.07) is 9.59. The minimum atomic E-state index is 0.0868. The predicted octanol–water partition coefficient (Wildman–Crippen LogP) is 3.28. The lowest BCUT2D eigenvalue weighted by Crippen LogP contribution is -2.12. The molecule has 1 aromatic heterocycles. The molecule has 0 bridgehead atoms. The summed E-state index contributed by atoms with van der Waals surface area (Å²) in [6.45, 7) is 6.40. The van der Waals surface area contributed by atoms with Crippen LogP contribution in [-0.2, 0) is 0 Å². The monoisotopic (exact) mass is 257 g/mol. The fourth-order valence-corrected chi connectivity index (χ4v) is 1.80. The van der Waals surface area contributed by atoms with Gasteiger partial charge < -0.3 is 0 Å². The number of rotatable bonds is 4. The Morgan fingerprint density at radius 3 is 2.53 bits per heavy atom. The third-order valence-electron chi connectivity index (χ3n) is 2.94. The van der Waals surface area contributed by atoms with Crippen molar-refractivity contribution < 1.29 is 4.79 Å². The molecule has 0 aliphatic rings. The smallest absolute Gasteiger partial charge is 0.182 e. The van der Waals surface area contributed by atoms with Crippen molar-refractivity contribution in [3.05, 3.63) is 42.2 Å². The van der Waals surface area contributed by atoms with E-state index in [1.54, 1.807) is 4.68 Å². The maximum atomic E-state index is 12.2. The summed E-state index contributed by atoms with van der Waals surface area (Å²) in [5.74, 6) is 0.0868. The quantitative estimate of drug-likeness (QED) is 0.790. The molecule has 0 saturated carbocycles. The Hall–Kier alpha value is -1.97. The molecule has 0 saturated heterocycles. The number of para-hydroxylation sites is 1. The molecular weight excluding hydrogens is 238 g/mol. The fourth-order valence-electron chi connectivity index (χ4n) is 1.80. The molecule has 2 aromatic rings. The normalized spacial score (nSPS) is 11.5. The lowest BCUT2D eigenvalue weighted by molar-refractivity contribution is 0.0958. The Morgan fingerprint density at radius 2 is 1.89 bits per heavy atom. The maximum Gasteiger partial charge on any atom is 0.182 e. The summed E-state index contributed by atoms with van der Waals surface area (Å²) in [7, 11) is 0. The summed E-state index contributed by atoms with van der Waals surface area (Å²) in [5.41, 5.74) is 1.57. The summed E-state index contributed by atoms with van der Waals surface area (Å²) < 4.78 is 1.60. The van der Waals surface area contributed by atoms with E-state index in [1.807, 2.05) is 30.3 Å². The first kappa shape index (κ1) is 13.5. The van der Waals surface area contributed by atoms with Crippen LogP contribution in [0.2, 0.25) is 0 Å². The summed E-state index contributed by atoms with van der Waals surface area (Å²) in [6.07, 6.45) is 2.91. The number of benzene rings is 1. The Labute approximate surface area is 113 Å². The standard InChI is InChI=1S/C15H19N3O/c1-15(2,3)10-9-14(19)13-11-16-17-18(13)12-7-5-4-6-8-12/h4-8,11H,9-10H2,1-3H3. The highest BCUT2D eigenvalue weighted by Crippen LogP contribution is 2.22. The molecule has 0 amide bonds. The van der Waals surface area contributed by atoms with Gasteiger partial charge in [-0.25, -0.2) is 4.68 Å². The number of carbonyl (C=O) groups is 1. The van der Waals surface area contributed by atoms with Crippen molar-refractivity contribution in [3.63, 3.8) is 0 Å². The van der Waals surface area contributed by atoms with E-state index in [0.29, 0.717) is 12.1 Å². The van der Waals surface area contributed by atoms with Gasteiger partial charge in [0, 0.05) is 6.42 Å². The van der Waals surface area contributed by atoms with Gasteiger partial charge in [0.15, 0.2) is 5.78 Å². The molecule has 0 atom stereocenters. The molecule has 100 valence electrons. The van der Waals surface area contributed by atoms with E-state index in [-0.39, 0.29) is 11.2 Å². The number of hydrogen-bond donors (Lipinski definition) is 0. The fraction of sp³-hybridized carbons (Fsp3) is 0.400. The van der Waals surface area contributed by atoms with Crippen LogP contribution in [-0.4, -0.2) is 20.8 Å². The average molecular weight is 257 g/mol. The summed E-state index contributed by atoms with van der Waals surface area (Å²) in [4.78, 5) is 12.2. The van der Waals surface area contributed by atoms with Gasteiger partial charge in [-0.2, -0.15) is 0 Å². The van der Waals surface area contributed by atoms with Crippen molar-refractivity contribution >= 4 is 5.78 Å². The number of nitrogens with zero attached hydrogens (tertiary/aromatic N) is 3. The molecule has 0 unspecified atom stereocenters. The van der Waals surface area contributed by atoms with E-state index in [0.717, 1.165) is 12.1 Å². The Bertz CT molecular complexity index is 552. The van der Waals surface area contributed by atoms with Crippen LogP contribution in [0.25, 0.3) is 5.69 Å². The van der Waals surface area contributed by atoms with E-state index in [2.05, 4.69) is 31.1 Å². The van der Waals surface area contributed by atoms with Crippen LogP contribution in [0, 0.1) is 5.41 Å². The van der Waals surface area contributed by atoms with Gasteiger partial charge in [0.05, 0.1) is 11.9 Å². The molecule has 0 aliphatic carbocycles. The lowest BCUT2D eigenvalue weighted by Gasteiger charge is -2.17. The second-order valence-corrected chi connectivity index (χ2v) is 5.85.